The fourth-order valence-corrected chi connectivity index (χ4v) is 10.2. The Labute approximate surface area is 315 Å². The first-order chi connectivity index (χ1) is 26.5. The van der Waals surface area contributed by atoms with Crippen LogP contribution >= 0.6 is 7.49 Å². The first-order valence-electron chi connectivity index (χ1n) is 18.2. The highest BCUT2D eigenvalue weighted by Crippen LogP contribution is 2.57. The normalized spacial score (nSPS) is 14.6. The third-order valence-corrected chi connectivity index (χ3v) is 13.2. The molecule has 0 spiro atoms. The molecule has 2 aromatic heterocycles. The molecule has 1 aliphatic rings. The van der Waals surface area contributed by atoms with Gasteiger partial charge in [-0.05, 0) is 87.0 Å². The first kappa shape index (κ1) is 32.2. The lowest BCUT2D eigenvalue weighted by molar-refractivity contribution is 0.630. The van der Waals surface area contributed by atoms with Gasteiger partial charge in [0.2, 0.25) is 7.49 Å². The van der Waals surface area contributed by atoms with Gasteiger partial charge in [-0.2, -0.15) is 0 Å². The van der Waals surface area contributed by atoms with Crippen molar-refractivity contribution in [2.45, 2.75) is 0 Å². The second-order valence-corrected chi connectivity index (χ2v) is 16.9. The Bertz CT molecular complexity index is 2860. The predicted octanol–water partition coefficient (Wildman–Crippen LogP) is 11.2. The van der Waals surface area contributed by atoms with Crippen molar-refractivity contribution >= 4 is 23.7 Å². The Morgan fingerprint density at radius 2 is 0.907 bits per heavy atom. The van der Waals surface area contributed by atoms with E-state index < -0.39 is 7.49 Å². The smallest absolute Gasteiger partial charge is 0.204 e. The Morgan fingerprint density at radius 3 is 1.56 bits per heavy atom. The zero-order valence-corrected chi connectivity index (χ0v) is 30.5. The minimum Gasteiger partial charge on any atom is -0.241 e. The second kappa shape index (κ2) is 12.9. The summed E-state index contributed by atoms with van der Waals surface area (Å²) < 4.78 is 1.92. The number of rotatable bonds is 6. The van der Waals surface area contributed by atoms with Crippen molar-refractivity contribution in [2.24, 2.45) is 0 Å². The maximum Gasteiger partial charge on any atom is 0.204 e. The fraction of sp³-hybridized carbons (Fsp3) is 0.0204. The molecule has 10 rings (SSSR count). The van der Waals surface area contributed by atoms with Gasteiger partial charge < -0.3 is 0 Å². The summed E-state index contributed by atoms with van der Waals surface area (Å²) in [7, 11) is -2.41. The highest BCUT2D eigenvalue weighted by atomic mass is 31.2. The van der Waals surface area contributed by atoms with Crippen molar-refractivity contribution in [3.8, 4) is 78.1 Å². The lowest BCUT2D eigenvalue weighted by Gasteiger charge is -2.12. The van der Waals surface area contributed by atoms with Gasteiger partial charge in [-0.3, -0.25) is 0 Å². The third-order valence-electron chi connectivity index (χ3n) is 10.6. The molecule has 9 aromatic rings. The Kier molecular flexibility index (Phi) is 7.69. The van der Waals surface area contributed by atoms with Crippen LogP contribution < -0.4 is 10.6 Å². The van der Waals surface area contributed by atoms with Gasteiger partial charge in [0.15, 0.2) is 11.5 Å². The van der Waals surface area contributed by atoms with Crippen LogP contribution in [0.15, 0.2) is 188 Å². The summed E-state index contributed by atoms with van der Waals surface area (Å²) in [5, 5.41) is 7.15. The lowest BCUT2D eigenvalue weighted by atomic mass is 9.95. The number of pyridine rings is 1. The van der Waals surface area contributed by atoms with Crippen LogP contribution in [-0.4, -0.2) is 26.2 Å². The summed E-state index contributed by atoms with van der Waals surface area (Å²) in [5.74, 6) is 0.682. The minimum atomic E-state index is -2.41. The average Bonchev–Trinajstić information content (AvgIpc) is 3.77. The quantitative estimate of drug-likeness (QED) is 0.175. The molecule has 1 N–H and O–H groups in total. The number of fused-ring (bicyclic) bond motifs is 4. The molecule has 1 unspecified atom stereocenters. The Balaban J connectivity index is 0.991. The SMILES string of the molecule is C[P+]1(O)c2ccccc2-c2ccc(-c3cccc(-c4cccc(-c5cccc(-c6nc7c(-c8ccccc8)cc(-c8ccccc8)cn7n6)c5)c4)c3)cc21. The van der Waals surface area contributed by atoms with E-state index in [4.69, 9.17) is 10.1 Å². The van der Waals surface area contributed by atoms with E-state index in [0.717, 1.165) is 88.6 Å². The van der Waals surface area contributed by atoms with Gasteiger partial charge in [0, 0.05) is 34.0 Å². The second-order valence-electron chi connectivity index (χ2n) is 14.0. The van der Waals surface area contributed by atoms with Crippen LogP contribution in [0.2, 0.25) is 0 Å². The molecular weight excluding hydrogens is 678 g/mol. The summed E-state index contributed by atoms with van der Waals surface area (Å²) >= 11 is 0. The van der Waals surface area contributed by atoms with Crippen LogP contribution in [0.3, 0.4) is 0 Å². The van der Waals surface area contributed by atoms with Gasteiger partial charge in [-0.1, -0.05) is 140 Å². The highest BCUT2D eigenvalue weighted by Gasteiger charge is 2.46. The van der Waals surface area contributed by atoms with Crippen molar-refractivity contribution in [3.63, 3.8) is 0 Å². The number of benzene rings is 7. The van der Waals surface area contributed by atoms with Crippen molar-refractivity contribution in [2.75, 3.05) is 6.66 Å². The van der Waals surface area contributed by atoms with E-state index in [0.29, 0.717) is 5.82 Å². The van der Waals surface area contributed by atoms with Crippen molar-refractivity contribution in [3.05, 3.63) is 188 Å². The summed E-state index contributed by atoms with van der Waals surface area (Å²) in [6.07, 6.45) is 2.07. The zero-order valence-electron chi connectivity index (χ0n) is 29.6. The molecule has 256 valence electrons. The van der Waals surface area contributed by atoms with Crippen LogP contribution in [0, 0.1) is 0 Å². The average molecular weight is 713 g/mol. The van der Waals surface area contributed by atoms with Crippen molar-refractivity contribution < 1.29 is 4.89 Å². The number of hydrogen-bond donors (Lipinski definition) is 1. The van der Waals surface area contributed by atoms with E-state index in [-0.39, 0.29) is 0 Å². The van der Waals surface area contributed by atoms with Crippen LogP contribution in [0.4, 0.5) is 0 Å². The molecule has 0 radical (unpaired) electrons. The van der Waals surface area contributed by atoms with Crippen LogP contribution in [0.5, 0.6) is 0 Å². The maximum atomic E-state index is 11.7. The van der Waals surface area contributed by atoms with E-state index in [2.05, 4.69) is 170 Å². The molecule has 1 aliphatic heterocycles. The van der Waals surface area contributed by atoms with Gasteiger partial charge in [-0.25, -0.2) is 14.4 Å². The molecule has 0 fully saturated rings. The number of aromatic nitrogens is 3. The van der Waals surface area contributed by atoms with Crippen molar-refractivity contribution in [1.29, 1.82) is 0 Å². The molecule has 0 saturated carbocycles. The number of hydrogen-bond acceptors (Lipinski definition) is 3. The molecule has 3 heterocycles. The third kappa shape index (κ3) is 5.56. The molecule has 4 nitrogen and oxygen atoms in total. The van der Waals surface area contributed by atoms with Crippen molar-refractivity contribution in [1.82, 2.24) is 14.6 Å². The number of nitrogens with zero attached hydrogens (tertiary/aromatic N) is 3. The molecule has 54 heavy (non-hydrogen) atoms. The predicted molar refractivity (Wildman–Crippen MR) is 225 cm³/mol. The topological polar surface area (TPSA) is 50.4 Å². The largest absolute Gasteiger partial charge is 0.241 e. The Hall–Kier alpha value is -6.45. The van der Waals surface area contributed by atoms with Gasteiger partial charge in [0.1, 0.15) is 10.6 Å². The summed E-state index contributed by atoms with van der Waals surface area (Å²) in [4.78, 5) is 16.8. The maximum absolute atomic E-state index is 11.7. The van der Waals surface area contributed by atoms with Crippen LogP contribution in [-0.2, 0) is 0 Å². The molecule has 5 heteroatoms. The van der Waals surface area contributed by atoms with E-state index in [1.54, 1.807) is 0 Å². The van der Waals surface area contributed by atoms with Gasteiger partial charge in [-0.15, -0.1) is 5.10 Å². The summed E-state index contributed by atoms with van der Waals surface area (Å²) in [5.41, 5.74) is 15.2. The summed E-state index contributed by atoms with van der Waals surface area (Å²) in [6.45, 7) is 2.01. The van der Waals surface area contributed by atoms with E-state index >= 15 is 0 Å². The zero-order chi connectivity index (χ0) is 36.2. The molecule has 0 aliphatic carbocycles. The molecular formula is C49H35N3OP+. The molecule has 0 bridgehead atoms. The van der Waals surface area contributed by atoms with Crippen LogP contribution in [0.25, 0.3) is 83.8 Å². The molecule has 7 aromatic carbocycles. The first-order valence-corrected chi connectivity index (χ1v) is 20.4. The fourth-order valence-electron chi connectivity index (χ4n) is 7.83. The van der Waals surface area contributed by atoms with Gasteiger partial charge in [0.05, 0.1) is 6.66 Å². The highest BCUT2D eigenvalue weighted by molar-refractivity contribution is 7.85. The van der Waals surface area contributed by atoms with E-state index in [1.165, 1.54) is 0 Å². The molecule has 0 amide bonds. The van der Waals surface area contributed by atoms with E-state index in [1.807, 2.05) is 29.4 Å². The van der Waals surface area contributed by atoms with Crippen LogP contribution in [0.1, 0.15) is 0 Å². The summed E-state index contributed by atoms with van der Waals surface area (Å²) in [6, 6.07) is 63.7. The molecule has 0 saturated heterocycles. The van der Waals surface area contributed by atoms with Gasteiger partial charge in [0.25, 0.3) is 0 Å². The Morgan fingerprint density at radius 1 is 0.407 bits per heavy atom. The monoisotopic (exact) mass is 712 g/mol. The minimum absolute atomic E-state index is 0.682. The van der Waals surface area contributed by atoms with E-state index in [9.17, 15) is 4.89 Å². The van der Waals surface area contributed by atoms with Gasteiger partial charge >= 0.3 is 0 Å². The lowest BCUT2D eigenvalue weighted by Crippen LogP contribution is -2.14. The standard InChI is InChI=1S/C49H35N3OP/c1-54(53)46-24-9-8-23-43(46)44-26-25-40(31-47(44)54)38-20-11-18-36(28-38)35-17-10-19-37(27-35)39-21-12-22-41(29-39)48-50-49-45(34-15-6-3-7-16-34)30-42(32-52(49)51-48)33-13-4-2-5-14-33/h2-32,53H,1H3/q+1. The molecule has 1 atom stereocenters.